The summed E-state index contributed by atoms with van der Waals surface area (Å²) in [7, 11) is 1.35. The van der Waals surface area contributed by atoms with Gasteiger partial charge in [-0.15, -0.1) is 0 Å². The Morgan fingerprint density at radius 2 is 2.00 bits per heavy atom. The molecule has 3 nitrogen and oxygen atoms in total. The summed E-state index contributed by atoms with van der Waals surface area (Å²) in [5.41, 5.74) is 6.99. The molecular formula is C14H11BrFNO2. The first-order valence-corrected chi connectivity index (χ1v) is 6.25. The van der Waals surface area contributed by atoms with E-state index in [2.05, 4.69) is 15.9 Å². The fourth-order valence-electron chi connectivity index (χ4n) is 1.67. The number of hydrogen-bond donors (Lipinski definition) is 1. The summed E-state index contributed by atoms with van der Waals surface area (Å²) in [5, 5.41) is 0. The minimum Gasteiger partial charge on any atom is -0.494 e. The van der Waals surface area contributed by atoms with Crippen LogP contribution in [-0.4, -0.2) is 12.9 Å². The highest BCUT2D eigenvalue weighted by atomic mass is 79.9. The van der Waals surface area contributed by atoms with Crippen LogP contribution in [0.1, 0.15) is 15.9 Å². The van der Waals surface area contributed by atoms with Gasteiger partial charge in [0.05, 0.1) is 7.11 Å². The number of nitrogen functional groups attached to an aromatic ring is 1. The minimum atomic E-state index is -0.504. The van der Waals surface area contributed by atoms with Gasteiger partial charge >= 0.3 is 0 Å². The van der Waals surface area contributed by atoms with E-state index in [0.717, 1.165) is 0 Å². The molecule has 5 heteroatoms. The van der Waals surface area contributed by atoms with Gasteiger partial charge in [-0.1, -0.05) is 0 Å². The van der Waals surface area contributed by atoms with E-state index >= 15 is 0 Å². The summed E-state index contributed by atoms with van der Waals surface area (Å²) in [6.45, 7) is 0. The molecule has 0 spiro atoms. The smallest absolute Gasteiger partial charge is 0.194 e. The van der Waals surface area contributed by atoms with Crippen molar-refractivity contribution >= 4 is 27.4 Å². The number of ether oxygens (including phenoxy) is 1. The van der Waals surface area contributed by atoms with Gasteiger partial charge in [-0.2, -0.15) is 0 Å². The Balaban J connectivity index is 2.44. The van der Waals surface area contributed by atoms with Crippen LogP contribution in [0.5, 0.6) is 5.75 Å². The van der Waals surface area contributed by atoms with E-state index in [1.165, 1.54) is 25.3 Å². The number of hydrogen-bond acceptors (Lipinski definition) is 3. The molecule has 0 atom stereocenters. The quantitative estimate of drug-likeness (QED) is 0.695. The largest absolute Gasteiger partial charge is 0.494 e. The Bertz CT molecular complexity index is 643. The lowest BCUT2D eigenvalue weighted by molar-refractivity contribution is 0.103. The summed E-state index contributed by atoms with van der Waals surface area (Å²) in [5.74, 6) is -0.696. The van der Waals surface area contributed by atoms with Crippen molar-refractivity contribution in [3.05, 3.63) is 57.8 Å². The average Bonchev–Trinajstić information content (AvgIpc) is 2.38. The molecule has 0 bridgehead atoms. The van der Waals surface area contributed by atoms with Crippen molar-refractivity contribution in [1.29, 1.82) is 0 Å². The predicted molar refractivity (Wildman–Crippen MR) is 74.9 cm³/mol. The Hall–Kier alpha value is -1.88. The zero-order valence-electron chi connectivity index (χ0n) is 10.1. The van der Waals surface area contributed by atoms with E-state index in [-0.39, 0.29) is 11.5 Å². The number of rotatable bonds is 3. The van der Waals surface area contributed by atoms with Crippen LogP contribution in [-0.2, 0) is 0 Å². The maximum atomic E-state index is 13.3. The molecule has 0 aromatic heterocycles. The summed E-state index contributed by atoms with van der Waals surface area (Å²) in [6, 6.07) is 8.91. The van der Waals surface area contributed by atoms with Gasteiger partial charge in [-0.3, -0.25) is 4.79 Å². The van der Waals surface area contributed by atoms with Gasteiger partial charge in [0.25, 0.3) is 0 Å². The second kappa shape index (κ2) is 5.40. The third-order valence-electron chi connectivity index (χ3n) is 2.65. The summed E-state index contributed by atoms with van der Waals surface area (Å²) in [6.07, 6.45) is 0. The number of ketones is 1. The van der Waals surface area contributed by atoms with E-state index in [1.54, 1.807) is 18.2 Å². The highest BCUT2D eigenvalue weighted by Crippen LogP contribution is 2.25. The van der Waals surface area contributed by atoms with Crippen LogP contribution in [0.4, 0.5) is 10.1 Å². The van der Waals surface area contributed by atoms with Gasteiger partial charge < -0.3 is 10.5 Å². The van der Waals surface area contributed by atoms with Crippen LogP contribution in [0.25, 0.3) is 0 Å². The molecule has 0 aliphatic carbocycles. The molecule has 2 N–H and O–H groups in total. The van der Waals surface area contributed by atoms with Crippen molar-refractivity contribution in [3.63, 3.8) is 0 Å². The van der Waals surface area contributed by atoms with Crippen LogP contribution < -0.4 is 10.5 Å². The lowest BCUT2D eigenvalue weighted by Crippen LogP contribution is -2.04. The lowest BCUT2D eigenvalue weighted by atomic mass is 10.0. The topological polar surface area (TPSA) is 52.3 Å². The molecule has 19 heavy (non-hydrogen) atoms. The van der Waals surface area contributed by atoms with E-state index in [4.69, 9.17) is 10.5 Å². The lowest BCUT2D eigenvalue weighted by Gasteiger charge is -2.07. The number of benzene rings is 2. The minimum absolute atomic E-state index is 0.0393. The highest BCUT2D eigenvalue weighted by Gasteiger charge is 2.15. The first kappa shape index (κ1) is 13.5. The molecule has 0 heterocycles. The van der Waals surface area contributed by atoms with Crippen molar-refractivity contribution in [2.45, 2.75) is 0 Å². The zero-order valence-corrected chi connectivity index (χ0v) is 11.7. The first-order valence-electron chi connectivity index (χ1n) is 5.46. The van der Waals surface area contributed by atoms with Crippen molar-refractivity contribution in [3.8, 4) is 5.75 Å². The molecular weight excluding hydrogens is 313 g/mol. The molecule has 0 radical (unpaired) electrons. The Labute approximate surface area is 118 Å². The molecule has 0 amide bonds. The fraction of sp³-hybridized carbons (Fsp3) is 0.0714. The fourth-order valence-corrected chi connectivity index (χ4v) is 2.25. The third kappa shape index (κ3) is 2.76. The molecule has 0 aliphatic heterocycles. The monoisotopic (exact) mass is 323 g/mol. The third-order valence-corrected chi connectivity index (χ3v) is 3.31. The molecule has 0 unspecified atom stereocenters. The SMILES string of the molecule is COc1cc(C(=O)c2ccc(N)cc2Br)ccc1F. The normalized spacial score (nSPS) is 10.3. The van der Waals surface area contributed by atoms with E-state index < -0.39 is 5.82 Å². The summed E-state index contributed by atoms with van der Waals surface area (Å²) in [4.78, 5) is 12.3. The summed E-state index contributed by atoms with van der Waals surface area (Å²) < 4.78 is 18.8. The van der Waals surface area contributed by atoms with E-state index in [0.29, 0.717) is 21.3 Å². The predicted octanol–water partition coefficient (Wildman–Crippen LogP) is 3.41. The van der Waals surface area contributed by atoms with Gasteiger partial charge in [0.2, 0.25) is 0 Å². The molecule has 0 aliphatic rings. The number of halogens is 2. The molecule has 2 aromatic rings. The highest BCUT2D eigenvalue weighted by molar-refractivity contribution is 9.10. The number of methoxy groups -OCH3 is 1. The molecule has 98 valence electrons. The number of carbonyl (C=O) groups excluding carboxylic acids is 1. The number of carbonyl (C=O) groups is 1. The van der Waals surface area contributed by atoms with Crippen LogP contribution >= 0.6 is 15.9 Å². The van der Waals surface area contributed by atoms with Gasteiger partial charge in [0.1, 0.15) is 0 Å². The average molecular weight is 324 g/mol. The second-order valence-corrected chi connectivity index (χ2v) is 4.77. The first-order chi connectivity index (χ1) is 9.02. The van der Waals surface area contributed by atoms with Crippen LogP contribution in [0, 0.1) is 5.82 Å². The Kier molecular flexibility index (Phi) is 3.85. The Morgan fingerprint density at radius 1 is 1.26 bits per heavy atom. The molecule has 2 aromatic carbocycles. The van der Waals surface area contributed by atoms with Crippen molar-refractivity contribution in [1.82, 2.24) is 0 Å². The molecule has 0 saturated carbocycles. The molecule has 2 rings (SSSR count). The molecule has 0 fully saturated rings. The van der Waals surface area contributed by atoms with Gasteiger partial charge in [-0.25, -0.2) is 4.39 Å². The van der Waals surface area contributed by atoms with Crippen molar-refractivity contribution in [2.75, 3.05) is 12.8 Å². The van der Waals surface area contributed by atoms with Gasteiger partial charge in [0.15, 0.2) is 17.3 Å². The van der Waals surface area contributed by atoms with Crippen LogP contribution in [0.15, 0.2) is 40.9 Å². The maximum Gasteiger partial charge on any atom is 0.194 e. The van der Waals surface area contributed by atoms with Crippen molar-refractivity contribution in [2.24, 2.45) is 0 Å². The van der Waals surface area contributed by atoms with Crippen molar-refractivity contribution < 1.29 is 13.9 Å². The second-order valence-electron chi connectivity index (χ2n) is 3.92. The number of anilines is 1. The zero-order chi connectivity index (χ0) is 14.0. The van der Waals surface area contributed by atoms with E-state index in [9.17, 15) is 9.18 Å². The van der Waals surface area contributed by atoms with Crippen LogP contribution in [0.2, 0.25) is 0 Å². The van der Waals surface area contributed by atoms with E-state index in [1.807, 2.05) is 0 Å². The Morgan fingerprint density at radius 3 is 2.63 bits per heavy atom. The van der Waals surface area contributed by atoms with Gasteiger partial charge in [-0.05, 0) is 52.3 Å². The van der Waals surface area contributed by atoms with Gasteiger partial charge in [0, 0.05) is 21.3 Å². The van der Waals surface area contributed by atoms with Crippen LogP contribution in [0.3, 0.4) is 0 Å². The number of nitrogens with two attached hydrogens (primary N) is 1. The summed E-state index contributed by atoms with van der Waals surface area (Å²) >= 11 is 3.29. The maximum absolute atomic E-state index is 13.3. The molecule has 0 saturated heterocycles. The standard InChI is InChI=1S/C14H11BrFNO2/c1-19-13-6-8(2-5-12(13)16)14(18)10-4-3-9(17)7-11(10)15/h2-7H,17H2,1H3.